The third-order valence-electron chi connectivity index (χ3n) is 5.21. The van der Waals surface area contributed by atoms with Crippen LogP contribution in [0.5, 0.6) is 0 Å². The zero-order valence-corrected chi connectivity index (χ0v) is 17.7. The molecule has 4 rings (SSSR count). The molecular formula is C22H21F3N4OS. The van der Waals surface area contributed by atoms with Gasteiger partial charge in [0.2, 0.25) is 11.0 Å². The van der Waals surface area contributed by atoms with Crippen LogP contribution in [-0.4, -0.2) is 45.6 Å². The second-order valence-electron chi connectivity index (χ2n) is 7.71. The quantitative estimate of drug-likeness (QED) is 0.557. The summed E-state index contributed by atoms with van der Waals surface area (Å²) in [6, 6.07) is 11.8. The van der Waals surface area contributed by atoms with Gasteiger partial charge in [0.25, 0.3) is 0 Å². The van der Waals surface area contributed by atoms with E-state index < -0.39 is 5.79 Å². The number of carbonyl (C=O) groups is 1. The minimum atomic E-state index is -1.88. The van der Waals surface area contributed by atoms with Gasteiger partial charge in [0, 0.05) is 31.0 Å². The van der Waals surface area contributed by atoms with E-state index in [1.807, 2.05) is 0 Å². The van der Waals surface area contributed by atoms with Crippen molar-refractivity contribution in [2.75, 3.05) is 24.5 Å². The fourth-order valence-corrected chi connectivity index (χ4v) is 4.33. The smallest absolute Gasteiger partial charge is 0.229 e. The average molecular weight is 446 g/mol. The lowest BCUT2D eigenvalue weighted by Gasteiger charge is -2.43. The van der Waals surface area contributed by atoms with E-state index in [-0.39, 0.29) is 37.1 Å². The van der Waals surface area contributed by atoms with Crippen molar-refractivity contribution < 1.29 is 18.0 Å². The highest BCUT2D eigenvalue weighted by atomic mass is 32.1. The second kappa shape index (κ2) is 8.66. The Morgan fingerprint density at radius 3 is 2.26 bits per heavy atom. The fraction of sp³-hybridized carbons (Fsp3) is 0.318. The minimum absolute atomic E-state index is 0.0143. The third kappa shape index (κ3) is 5.04. The van der Waals surface area contributed by atoms with Crippen LogP contribution in [0.3, 0.4) is 0 Å². The number of nitrogens with zero attached hydrogens (tertiary/aromatic N) is 4. The lowest BCUT2D eigenvalue weighted by atomic mass is 10.1. The summed E-state index contributed by atoms with van der Waals surface area (Å²) < 4.78 is 45.9. The Bertz CT molecular complexity index is 1050. The van der Waals surface area contributed by atoms with Crippen LogP contribution in [-0.2, 0) is 17.6 Å². The van der Waals surface area contributed by atoms with Gasteiger partial charge >= 0.3 is 0 Å². The first-order valence-corrected chi connectivity index (χ1v) is 10.6. The summed E-state index contributed by atoms with van der Waals surface area (Å²) in [5, 5.41) is 0.589. The topological polar surface area (TPSA) is 49.3 Å². The largest absolute Gasteiger partial charge is 0.340 e. The van der Waals surface area contributed by atoms with Crippen molar-refractivity contribution in [1.82, 2.24) is 14.3 Å². The summed E-state index contributed by atoms with van der Waals surface area (Å²) >= 11 is 1.18. The molecule has 3 aromatic rings. The summed E-state index contributed by atoms with van der Waals surface area (Å²) in [6.45, 7) is 2.00. The Morgan fingerprint density at radius 1 is 1.03 bits per heavy atom. The molecule has 0 spiro atoms. The Hall–Kier alpha value is -2.94. The number of piperazine rings is 1. The van der Waals surface area contributed by atoms with E-state index in [9.17, 15) is 13.6 Å². The molecule has 0 bridgehead atoms. The van der Waals surface area contributed by atoms with E-state index >= 15 is 4.39 Å². The minimum Gasteiger partial charge on any atom is -0.340 e. The molecule has 1 aromatic heterocycles. The second-order valence-corrected chi connectivity index (χ2v) is 8.44. The molecule has 162 valence electrons. The van der Waals surface area contributed by atoms with Gasteiger partial charge in [-0.3, -0.25) is 4.79 Å². The molecule has 1 fully saturated rings. The lowest BCUT2D eigenvalue weighted by Crippen LogP contribution is -2.60. The summed E-state index contributed by atoms with van der Waals surface area (Å²) in [6.07, 6.45) is 0.472. The summed E-state index contributed by atoms with van der Waals surface area (Å²) in [7, 11) is 0. The van der Waals surface area contributed by atoms with Crippen molar-refractivity contribution in [3.63, 3.8) is 0 Å². The molecule has 0 saturated carbocycles. The molecule has 1 amide bonds. The standard InChI is InChI=1S/C22H21F3N4OS/c1-22(25)14-28(10-11-29(22)20(30)13-16-4-8-18(24)9-5-16)21-26-19(27-31-21)12-15-2-6-17(23)7-3-15/h2-9H,10-14H2,1H3. The Labute approximate surface area is 182 Å². The van der Waals surface area contributed by atoms with Gasteiger partial charge < -0.3 is 9.80 Å². The van der Waals surface area contributed by atoms with Crippen molar-refractivity contribution in [3.8, 4) is 0 Å². The first-order chi connectivity index (χ1) is 14.8. The van der Waals surface area contributed by atoms with Crippen LogP contribution >= 0.6 is 11.5 Å². The van der Waals surface area contributed by atoms with Crippen LogP contribution in [0.25, 0.3) is 0 Å². The van der Waals surface area contributed by atoms with Gasteiger partial charge in [0.1, 0.15) is 17.5 Å². The maximum absolute atomic E-state index is 15.4. The van der Waals surface area contributed by atoms with E-state index in [1.165, 1.54) is 59.8 Å². The fourth-order valence-electron chi connectivity index (χ4n) is 3.62. The maximum Gasteiger partial charge on any atom is 0.229 e. The van der Waals surface area contributed by atoms with Crippen molar-refractivity contribution >= 4 is 22.6 Å². The molecule has 5 nitrogen and oxygen atoms in total. The lowest BCUT2D eigenvalue weighted by molar-refractivity contribution is -0.145. The highest BCUT2D eigenvalue weighted by Crippen LogP contribution is 2.29. The number of hydrogen-bond acceptors (Lipinski definition) is 5. The molecular weight excluding hydrogens is 425 g/mol. The first-order valence-electron chi connectivity index (χ1n) is 9.86. The molecule has 1 unspecified atom stereocenters. The Balaban J connectivity index is 1.39. The highest BCUT2D eigenvalue weighted by Gasteiger charge is 2.41. The zero-order valence-electron chi connectivity index (χ0n) is 16.9. The SMILES string of the molecule is CC1(F)CN(c2nc(Cc3ccc(F)cc3)ns2)CCN1C(=O)Cc1ccc(F)cc1. The number of halogens is 3. The molecule has 1 saturated heterocycles. The van der Waals surface area contributed by atoms with Crippen LogP contribution in [0.2, 0.25) is 0 Å². The highest BCUT2D eigenvalue weighted by molar-refractivity contribution is 7.09. The van der Waals surface area contributed by atoms with Gasteiger partial charge in [-0.15, -0.1) is 0 Å². The van der Waals surface area contributed by atoms with Gasteiger partial charge in [0.05, 0.1) is 13.0 Å². The summed E-state index contributed by atoms with van der Waals surface area (Å²) in [5.41, 5.74) is 1.52. The molecule has 1 atom stereocenters. The average Bonchev–Trinajstić information content (AvgIpc) is 3.19. The van der Waals surface area contributed by atoms with Crippen LogP contribution in [0.1, 0.15) is 23.9 Å². The summed E-state index contributed by atoms with van der Waals surface area (Å²) in [4.78, 5) is 20.2. The van der Waals surface area contributed by atoms with Crippen molar-refractivity contribution in [2.24, 2.45) is 0 Å². The third-order valence-corrected chi connectivity index (χ3v) is 6.02. The van der Waals surface area contributed by atoms with E-state index in [0.717, 1.165) is 5.56 Å². The molecule has 0 aliphatic carbocycles. The number of amides is 1. The van der Waals surface area contributed by atoms with Crippen molar-refractivity contribution in [3.05, 3.63) is 77.1 Å². The van der Waals surface area contributed by atoms with Gasteiger partial charge in [-0.1, -0.05) is 24.3 Å². The van der Waals surface area contributed by atoms with Gasteiger partial charge in [-0.05, 0) is 42.3 Å². The normalized spacial score (nSPS) is 19.0. The first kappa shape index (κ1) is 21.3. The Morgan fingerprint density at radius 2 is 1.65 bits per heavy atom. The molecule has 2 aromatic carbocycles. The van der Waals surface area contributed by atoms with Crippen LogP contribution in [0, 0.1) is 11.6 Å². The zero-order chi connectivity index (χ0) is 22.0. The molecule has 9 heteroatoms. The molecule has 2 heterocycles. The van der Waals surface area contributed by atoms with Crippen LogP contribution < -0.4 is 4.90 Å². The van der Waals surface area contributed by atoms with Crippen molar-refractivity contribution in [2.45, 2.75) is 25.6 Å². The molecule has 0 radical (unpaired) electrons. The number of carbonyl (C=O) groups excluding carboxylic acids is 1. The maximum atomic E-state index is 15.4. The van der Waals surface area contributed by atoms with Gasteiger partial charge in [-0.2, -0.15) is 4.37 Å². The van der Waals surface area contributed by atoms with E-state index in [1.54, 1.807) is 17.0 Å². The number of alkyl halides is 1. The van der Waals surface area contributed by atoms with Crippen LogP contribution in [0.15, 0.2) is 48.5 Å². The van der Waals surface area contributed by atoms with E-state index in [0.29, 0.717) is 29.5 Å². The van der Waals surface area contributed by atoms with Crippen LogP contribution in [0.4, 0.5) is 18.3 Å². The number of aromatic nitrogens is 2. The number of rotatable bonds is 5. The van der Waals surface area contributed by atoms with Crippen molar-refractivity contribution in [1.29, 1.82) is 0 Å². The molecule has 31 heavy (non-hydrogen) atoms. The van der Waals surface area contributed by atoms with Gasteiger partial charge in [-0.25, -0.2) is 18.2 Å². The predicted molar refractivity (Wildman–Crippen MR) is 113 cm³/mol. The molecule has 1 aliphatic rings. The number of benzene rings is 2. The van der Waals surface area contributed by atoms with Gasteiger partial charge in [0.15, 0.2) is 5.79 Å². The monoisotopic (exact) mass is 446 g/mol. The molecule has 0 N–H and O–H groups in total. The number of hydrogen-bond donors (Lipinski definition) is 0. The summed E-state index contributed by atoms with van der Waals surface area (Å²) in [5.74, 6) is -2.31. The Kier molecular flexibility index (Phi) is 5.95. The predicted octanol–water partition coefficient (Wildman–Crippen LogP) is 3.98. The number of anilines is 1. The van der Waals surface area contributed by atoms with E-state index in [4.69, 9.17) is 0 Å². The molecule has 1 aliphatic heterocycles. The van der Waals surface area contributed by atoms with E-state index in [2.05, 4.69) is 9.36 Å².